The largest absolute Gasteiger partial charge is 0.480 e. The van der Waals surface area contributed by atoms with Crippen LogP contribution in [0.4, 0.5) is 0 Å². The van der Waals surface area contributed by atoms with Crippen molar-refractivity contribution in [2.75, 3.05) is 7.05 Å². The molecule has 0 aliphatic rings. The van der Waals surface area contributed by atoms with Gasteiger partial charge in [0.2, 0.25) is 5.91 Å². The van der Waals surface area contributed by atoms with Gasteiger partial charge in [0.25, 0.3) is 5.91 Å². The van der Waals surface area contributed by atoms with Gasteiger partial charge in [0.05, 0.1) is 6.04 Å². The number of benzene rings is 1. The highest BCUT2D eigenvalue weighted by molar-refractivity contribution is 5.96. The molecule has 1 aromatic rings. The zero-order valence-electron chi connectivity index (χ0n) is 15.9. The van der Waals surface area contributed by atoms with Crippen molar-refractivity contribution in [1.82, 2.24) is 10.6 Å². The van der Waals surface area contributed by atoms with Crippen molar-refractivity contribution in [3.8, 4) is 0 Å². The summed E-state index contributed by atoms with van der Waals surface area (Å²) in [7, 11) is 1.64. The third kappa shape index (κ3) is 9.88. The minimum atomic E-state index is -1.22. The number of carbonyl (C=O) groups excluding carboxylic acids is 3. The number of carbonyl (C=O) groups is 4. The summed E-state index contributed by atoms with van der Waals surface area (Å²) in [4.78, 5) is 49.6. The van der Waals surface area contributed by atoms with Gasteiger partial charge in [-0.15, -0.1) is 0 Å². The number of nitrogens with one attached hydrogen (secondary N) is 2. The van der Waals surface area contributed by atoms with Crippen LogP contribution in [0.5, 0.6) is 0 Å². The van der Waals surface area contributed by atoms with E-state index in [0.717, 1.165) is 0 Å². The predicted octanol–water partition coefficient (Wildman–Crippen LogP) is 1.45. The Labute approximate surface area is 159 Å². The highest BCUT2D eigenvalue weighted by Gasteiger charge is 2.22. The van der Waals surface area contributed by atoms with E-state index in [-0.39, 0.29) is 18.6 Å². The van der Waals surface area contributed by atoms with E-state index in [4.69, 9.17) is 0 Å². The number of Topliss-reactive ketones (excluding diaryl/α,β-unsaturated/α-hetero) is 1. The Bertz CT molecular complexity index is 646. The van der Waals surface area contributed by atoms with Gasteiger partial charge in [-0.05, 0) is 38.6 Å². The van der Waals surface area contributed by atoms with Gasteiger partial charge in [0.1, 0.15) is 6.04 Å². The molecule has 0 spiro atoms. The van der Waals surface area contributed by atoms with Gasteiger partial charge in [-0.25, -0.2) is 4.79 Å². The molecule has 0 unspecified atom stereocenters. The first kappa shape index (κ1) is 24.0. The van der Waals surface area contributed by atoms with E-state index >= 15 is 0 Å². The van der Waals surface area contributed by atoms with E-state index in [1.54, 1.807) is 44.3 Å². The minimum Gasteiger partial charge on any atom is -0.480 e. The molecule has 148 valence electrons. The lowest BCUT2D eigenvalue weighted by atomic mass is 10.1. The van der Waals surface area contributed by atoms with Crippen molar-refractivity contribution < 1.29 is 24.3 Å². The van der Waals surface area contributed by atoms with Crippen LogP contribution in [0.15, 0.2) is 35.3 Å². The van der Waals surface area contributed by atoms with Gasteiger partial charge in [-0.3, -0.25) is 14.4 Å². The Morgan fingerprint density at radius 2 is 1.67 bits per heavy atom. The summed E-state index contributed by atoms with van der Waals surface area (Å²) in [6.45, 7) is 6.26. The number of nitrogens with zero attached hydrogens (tertiary/aromatic N) is 1. The van der Waals surface area contributed by atoms with Crippen LogP contribution in [0.3, 0.4) is 0 Å². The molecule has 0 aliphatic heterocycles. The monoisotopic (exact) mass is 377 g/mol. The first-order chi connectivity index (χ1) is 12.8. The van der Waals surface area contributed by atoms with Gasteiger partial charge >= 0.3 is 5.97 Å². The van der Waals surface area contributed by atoms with E-state index in [9.17, 15) is 24.3 Å². The lowest BCUT2D eigenvalue weighted by Gasteiger charge is -2.16. The SMILES string of the molecule is C=NC.CC[C@H](NC(=O)CC[C@H](NC(=O)c1ccccc1)C(=O)O)C(C)=O. The van der Waals surface area contributed by atoms with Crippen molar-refractivity contribution in [3.05, 3.63) is 35.9 Å². The van der Waals surface area contributed by atoms with Crippen LogP contribution >= 0.6 is 0 Å². The quantitative estimate of drug-likeness (QED) is 0.562. The molecule has 0 aromatic heterocycles. The van der Waals surface area contributed by atoms with E-state index in [1.807, 2.05) is 0 Å². The normalized spacial score (nSPS) is 11.8. The molecular weight excluding hydrogens is 350 g/mol. The molecule has 1 rings (SSSR count). The zero-order valence-corrected chi connectivity index (χ0v) is 15.9. The number of rotatable bonds is 9. The highest BCUT2D eigenvalue weighted by atomic mass is 16.4. The third-order valence-electron chi connectivity index (χ3n) is 3.53. The Balaban J connectivity index is 0.00000210. The lowest BCUT2D eigenvalue weighted by Crippen LogP contribution is -2.43. The van der Waals surface area contributed by atoms with Crippen molar-refractivity contribution in [2.45, 2.75) is 45.2 Å². The summed E-state index contributed by atoms with van der Waals surface area (Å²) >= 11 is 0. The van der Waals surface area contributed by atoms with Crippen molar-refractivity contribution in [1.29, 1.82) is 0 Å². The summed E-state index contributed by atoms with van der Waals surface area (Å²) in [5.41, 5.74) is 0.343. The maximum atomic E-state index is 12.0. The maximum absolute atomic E-state index is 12.0. The van der Waals surface area contributed by atoms with Crippen molar-refractivity contribution in [2.24, 2.45) is 4.99 Å². The second-order valence-electron chi connectivity index (χ2n) is 5.72. The predicted molar refractivity (Wildman–Crippen MR) is 103 cm³/mol. The maximum Gasteiger partial charge on any atom is 0.326 e. The fourth-order valence-corrected chi connectivity index (χ4v) is 2.12. The van der Waals surface area contributed by atoms with E-state index < -0.39 is 29.9 Å². The molecule has 0 bridgehead atoms. The standard InChI is InChI=1S/C17H22N2O5.C2H5N/c1-3-13(11(2)20)18-15(21)10-9-14(17(23)24)19-16(22)12-7-5-4-6-8-12;1-3-2/h4-8,13-14H,3,9-10H2,1-2H3,(H,18,21)(H,19,22)(H,23,24);1H2,2H3/t13-,14-;/m0./s1. The molecule has 0 radical (unpaired) electrons. The molecular formula is C19H27N3O5. The molecule has 3 N–H and O–H groups in total. The average molecular weight is 377 g/mol. The first-order valence-electron chi connectivity index (χ1n) is 8.50. The van der Waals surface area contributed by atoms with Crippen molar-refractivity contribution >= 4 is 30.3 Å². The Morgan fingerprint density at radius 3 is 2.11 bits per heavy atom. The van der Waals surface area contributed by atoms with Gasteiger partial charge in [0.15, 0.2) is 5.78 Å². The minimum absolute atomic E-state index is 0.0614. The van der Waals surface area contributed by atoms with Crippen molar-refractivity contribution in [3.63, 3.8) is 0 Å². The summed E-state index contributed by atoms with van der Waals surface area (Å²) < 4.78 is 0. The summed E-state index contributed by atoms with van der Waals surface area (Å²) in [5, 5.41) is 14.1. The second kappa shape index (κ2) is 13.2. The number of hydrogen-bond donors (Lipinski definition) is 3. The Kier molecular flexibility index (Phi) is 11.7. The van der Waals surface area contributed by atoms with Gasteiger partial charge in [-0.2, -0.15) is 0 Å². The Morgan fingerprint density at radius 1 is 1.11 bits per heavy atom. The molecule has 0 saturated carbocycles. The number of aliphatic carboxylic acids is 1. The smallest absolute Gasteiger partial charge is 0.326 e. The van der Waals surface area contributed by atoms with E-state index in [1.165, 1.54) is 6.92 Å². The van der Waals surface area contributed by atoms with Crippen LogP contribution in [0.1, 0.15) is 43.5 Å². The molecule has 0 heterocycles. The average Bonchev–Trinajstić information content (AvgIpc) is 2.63. The molecule has 27 heavy (non-hydrogen) atoms. The molecule has 8 nitrogen and oxygen atoms in total. The molecule has 8 heteroatoms. The van der Waals surface area contributed by atoms with Crippen LogP contribution < -0.4 is 10.6 Å². The number of carboxylic acids is 1. The Hall–Kier alpha value is -3.03. The fraction of sp³-hybridized carbons (Fsp3) is 0.421. The van der Waals surface area contributed by atoms with Gasteiger partial charge in [-0.1, -0.05) is 25.1 Å². The third-order valence-corrected chi connectivity index (χ3v) is 3.53. The summed E-state index contributed by atoms with van der Waals surface area (Å²) in [6, 6.07) is 6.48. The number of hydrogen-bond acceptors (Lipinski definition) is 5. The molecule has 2 amide bonds. The lowest BCUT2D eigenvalue weighted by molar-refractivity contribution is -0.139. The van der Waals surface area contributed by atoms with Crippen LogP contribution in [0.2, 0.25) is 0 Å². The van der Waals surface area contributed by atoms with Crippen LogP contribution in [0.25, 0.3) is 0 Å². The van der Waals surface area contributed by atoms with Crippen LogP contribution in [-0.2, 0) is 14.4 Å². The number of carboxylic acid groups (broad SMARTS) is 1. The van der Waals surface area contributed by atoms with Gasteiger partial charge in [0, 0.05) is 19.0 Å². The van der Waals surface area contributed by atoms with Crippen LogP contribution in [-0.4, -0.2) is 54.5 Å². The number of ketones is 1. The molecule has 0 aliphatic carbocycles. The molecule has 0 fully saturated rings. The molecule has 0 saturated heterocycles. The van der Waals surface area contributed by atoms with Gasteiger partial charge < -0.3 is 20.7 Å². The highest BCUT2D eigenvalue weighted by Crippen LogP contribution is 2.04. The topological polar surface area (TPSA) is 125 Å². The van der Waals surface area contributed by atoms with E-state index in [2.05, 4.69) is 22.3 Å². The number of aliphatic imine (C=N–C) groups is 1. The fourth-order valence-electron chi connectivity index (χ4n) is 2.12. The number of amides is 2. The van der Waals surface area contributed by atoms with Crippen LogP contribution in [0, 0.1) is 0 Å². The summed E-state index contributed by atoms with van der Waals surface area (Å²) in [5.74, 6) is -2.31. The first-order valence-corrected chi connectivity index (χ1v) is 8.50. The zero-order chi connectivity index (χ0) is 20.8. The van der Waals surface area contributed by atoms with E-state index in [0.29, 0.717) is 12.0 Å². The molecule has 1 aromatic carbocycles. The molecule has 2 atom stereocenters. The second-order valence-corrected chi connectivity index (χ2v) is 5.72. The summed E-state index contributed by atoms with van der Waals surface area (Å²) in [6.07, 6.45) is 0.304.